The van der Waals surface area contributed by atoms with Gasteiger partial charge in [-0.1, -0.05) is 36.8 Å². The highest BCUT2D eigenvalue weighted by atomic mass is 35.5. The average molecular weight is 272 g/mol. The number of halogens is 1. The molecule has 0 spiro atoms. The van der Waals surface area contributed by atoms with Crippen molar-refractivity contribution in [1.82, 2.24) is 4.98 Å². The standard InChI is InChI=1S/C11H14ClN3OS/c1-8(2)6-15(5-3-4-13)11-14-10(12)9(7-16)17-11/h7-8H,3,5-6H2,1-2H3. The molecule has 0 aromatic carbocycles. The highest BCUT2D eigenvalue weighted by Gasteiger charge is 2.15. The minimum absolute atomic E-state index is 0.241. The zero-order valence-electron chi connectivity index (χ0n) is 9.81. The third-order valence-corrected chi connectivity index (χ3v) is 3.50. The largest absolute Gasteiger partial charge is 0.347 e. The predicted molar refractivity (Wildman–Crippen MR) is 69.8 cm³/mol. The number of nitrogens with zero attached hydrogens (tertiary/aromatic N) is 3. The van der Waals surface area contributed by atoms with Gasteiger partial charge in [0.2, 0.25) is 0 Å². The van der Waals surface area contributed by atoms with E-state index in [1.165, 1.54) is 11.3 Å². The van der Waals surface area contributed by atoms with Crippen LogP contribution in [0.2, 0.25) is 5.15 Å². The number of carbonyl (C=O) groups is 1. The molecule has 92 valence electrons. The lowest BCUT2D eigenvalue weighted by atomic mass is 10.2. The van der Waals surface area contributed by atoms with E-state index in [4.69, 9.17) is 16.9 Å². The minimum Gasteiger partial charge on any atom is -0.347 e. The molecule has 6 heteroatoms. The summed E-state index contributed by atoms with van der Waals surface area (Å²) in [6.45, 7) is 5.59. The first-order valence-electron chi connectivity index (χ1n) is 5.31. The lowest BCUT2D eigenvalue weighted by molar-refractivity contribution is 0.112. The average Bonchev–Trinajstić information content (AvgIpc) is 2.65. The van der Waals surface area contributed by atoms with Crippen molar-refractivity contribution in [3.8, 4) is 6.07 Å². The molecule has 0 bridgehead atoms. The number of hydrogen-bond acceptors (Lipinski definition) is 5. The number of aldehydes is 1. The Labute approximate surface area is 110 Å². The molecule has 0 N–H and O–H groups in total. The van der Waals surface area contributed by atoms with Crippen molar-refractivity contribution in [3.05, 3.63) is 10.0 Å². The molecule has 0 saturated heterocycles. The molecule has 17 heavy (non-hydrogen) atoms. The third kappa shape index (κ3) is 3.99. The fraction of sp³-hybridized carbons (Fsp3) is 0.545. The Kier molecular flexibility index (Phi) is 5.39. The number of rotatable bonds is 6. The SMILES string of the molecule is CC(C)CN(CCC#N)c1nc(Cl)c(C=O)s1. The number of thiazole rings is 1. The maximum atomic E-state index is 10.7. The Morgan fingerprint density at radius 1 is 1.65 bits per heavy atom. The minimum atomic E-state index is 0.241. The van der Waals surface area contributed by atoms with Gasteiger partial charge in [0.15, 0.2) is 16.6 Å². The summed E-state index contributed by atoms with van der Waals surface area (Å²) in [7, 11) is 0. The topological polar surface area (TPSA) is 57.0 Å². The Bertz CT molecular complexity index is 425. The molecule has 0 unspecified atom stereocenters. The molecular formula is C11H14ClN3OS. The first-order chi connectivity index (χ1) is 8.08. The molecule has 0 radical (unpaired) electrons. The molecule has 1 aromatic heterocycles. The highest BCUT2D eigenvalue weighted by molar-refractivity contribution is 7.17. The number of anilines is 1. The van der Waals surface area contributed by atoms with E-state index >= 15 is 0 Å². The molecule has 4 nitrogen and oxygen atoms in total. The summed E-state index contributed by atoms with van der Waals surface area (Å²) in [4.78, 5) is 17.3. The van der Waals surface area contributed by atoms with Gasteiger partial charge in [-0.15, -0.1) is 0 Å². The summed E-state index contributed by atoms with van der Waals surface area (Å²) in [5, 5.41) is 9.58. The van der Waals surface area contributed by atoms with Crippen LogP contribution < -0.4 is 4.90 Å². The third-order valence-electron chi connectivity index (χ3n) is 2.05. The summed E-state index contributed by atoms with van der Waals surface area (Å²) in [5.74, 6) is 0.455. The summed E-state index contributed by atoms with van der Waals surface area (Å²) in [6.07, 6.45) is 1.14. The van der Waals surface area contributed by atoms with Crippen molar-refractivity contribution in [2.75, 3.05) is 18.0 Å². The second-order valence-electron chi connectivity index (χ2n) is 4.02. The van der Waals surface area contributed by atoms with Gasteiger partial charge in [0.1, 0.15) is 4.88 Å². The first kappa shape index (κ1) is 13.9. The van der Waals surface area contributed by atoms with Crippen LogP contribution in [0, 0.1) is 17.2 Å². The van der Waals surface area contributed by atoms with Gasteiger partial charge in [-0.2, -0.15) is 5.26 Å². The molecule has 0 amide bonds. The number of hydrogen-bond donors (Lipinski definition) is 0. The normalized spacial score (nSPS) is 10.3. The Balaban J connectivity index is 2.87. The van der Waals surface area contributed by atoms with Crippen molar-refractivity contribution in [3.63, 3.8) is 0 Å². The van der Waals surface area contributed by atoms with E-state index in [2.05, 4.69) is 24.9 Å². The summed E-state index contributed by atoms with van der Waals surface area (Å²) in [6, 6.07) is 2.11. The van der Waals surface area contributed by atoms with Gasteiger partial charge < -0.3 is 4.90 Å². The van der Waals surface area contributed by atoms with Crippen LogP contribution in [0.5, 0.6) is 0 Å². The van der Waals surface area contributed by atoms with E-state index in [0.717, 1.165) is 6.54 Å². The van der Waals surface area contributed by atoms with Gasteiger partial charge in [0, 0.05) is 13.1 Å². The monoisotopic (exact) mass is 271 g/mol. The number of carbonyl (C=O) groups excluding carboxylic acids is 1. The summed E-state index contributed by atoms with van der Waals surface area (Å²) < 4.78 is 0. The Morgan fingerprint density at radius 2 is 2.35 bits per heavy atom. The fourth-order valence-corrected chi connectivity index (χ4v) is 2.50. The Hall–Kier alpha value is -1.12. The van der Waals surface area contributed by atoms with Crippen LogP contribution in [0.25, 0.3) is 0 Å². The van der Waals surface area contributed by atoms with Gasteiger partial charge in [-0.25, -0.2) is 4.98 Å². The van der Waals surface area contributed by atoms with E-state index in [0.29, 0.717) is 35.2 Å². The number of nitriles is 1. The van der Waals surface area contributed by atoms with E-state index < -0.39 is 0 Å². The molecule has 1 rings (SSSR count). The van der Waals surface area contributed by atoms with Crippen molar-refractivity contribution in [2.24, 2.45) is 5.92 Å². The summed E-state index contributed by atoms with van der Waals surface area (Å²) >= 11 is 7.10. The lowest BCUT2D eigenvalue weighted by Gasteiger charge is -2.22. The molecule has 0 saturated carbocycles. The van der Waals surface area contributed by atoms with E-state index in [-0.39, 0.29) is 5.15 Å². The van der Waals surface area contributed by atoms with E-state index in [9.17, 15) is 4.79 Å². The van der Waals surface area contributed by atoms with Crippen LogP contribution >= 0.6 is 22.9 Å². The summed E-state index contributed by atoms with van der Waals surface area (Å²) in [5.41, 5.74) is 0. The smallest absolute Gasteiger partial charge is 0.187 e. The first-order valence-corrected chi connectivity index (χ1v) is 6.51. The molecule has 0 fully saturated rings. The second kappa shape index (κ2) is 6.58. The maximum absolute atomic E-state index is 10.7. The van der Waals surface area contributed by atoms with Gasteiger partial charge in [-0.3, -0.25) is 4.79 Å². The second-order valence-corrected chi connectivity index (χ2v) is 5.38. The molecule has 0 atom stereocenters. The van der Waals surface area contributed by atoms with Crippen LogP contribution in [-0.4, -0.2) is 24.4 Å². The van der Waals surface area contributed by atoms with Crippen molar-refractivity contribution in [1.29, 1.82) is 5.26 Å². The molecule has 1 heterocycles. The zero-order valence-corrected chi connectivity index (χ0v) is 11.4. The zero-order chi connectivity index (χ0) is 12.8. The quantitative estimate of drug-likeness (QED) is 0.747. The molecule has 0 aliphatic carbocycles. The highest BCUT2D eigenvalue weighted by Crippen LogP contribution is 2.28. The lowest BCUT2D eigenvalue weighted by Crippen LogP contribution is -2.28. The maximum Gasteiger partial charge on any atom is 0.187 e. The van der Waals surface area contributed by atoms with Gasteiger partial charge >= 0.3 is 0 Å². The van der Waals surface area contributed by atoms with Crippen LogP contribution in [0.3, 0.4) is 0 Å². The van der Waals surface area contributed by atoms with Gasteiger partial charge in [0.05, 0.1) is 12.5 Å². The molecule has 1 aromatic rings. The predicted octanol–water partition coefficient (Wildman–Crippen LogP) is 2.99. The molecular weight excluding hydrogens is 258 g/mol. The Morgan fingerprint density at radius 3 is 2.82 bits per heavy atom. The van der Waals surface area contributed by atoms with Crippen molar-refractivity contribution < 1.29 is 4.79 Å². The van der Waals surface area contributed by atoms with E-state index in [1.54, 1.807) is 0 Å². The van der Waals surface area contributed by atoms with Crippen molar-refractivity contribution >= 4 is 34.4 Å². The van der Waals surface area contributed by atoms with Gasteiger partial charge in [-0.05, 0) is 5.92 Å². The number of aromatic nitrogens is 1. The molecule has 0 aliphatic heterocycles. The van der Waals surface area contributed by atoms with Crippen molar-refractivity contribution in [2.45, 2.75) is 20.3 Å². The fourth-order valence-electron chi connectivity index (χ4n) is 1.40. The van der Waals surface area contributed by atoms with Crippen LogP contribution in [0.15, 0.2) is 0 Å². The van der Waals surface area contributed by atoms with Crippen LogP contribution in [0.1, 0.15) is 29.9 Å². The van der Waals surface area contributed by atoms with Crippen LogP contribution in [0.4, 0.5) is 5.13 Å². The van der Waals surface area contributed by atoms with Gasteiger partial charge in [0.25, 0.3) is 0 Å². The molecule has 0 aliphatic rings. The van der Waals surface area contributed by atoms with Crippen LogP contribution in [-0.2, 0) is 0 Å². The van der Waals surface area contributed by atoms with E-state index in [1.807, 2.05) is 4.90 Å².